The van der Waals surface area contributed by atoms with Crippen molar-refractivity contribution in [2.45, 2.75) is 51.2 Å². The Labute approximate surface area is 230 Å². The lowest BCUT2D eigenvalue weighted by molar-refractivity contribution is -0.274. The number of benzene rings is 2. The van der Waals surface area contributed by atoms with Crippen LogP contribution in [0.25, 0.3) is 11.2 Å². The van der Waals surface area contributed by atoms with Crippen LogP contribution < -0.4 is 20.7 Å². The van der Waals surface area contributed by atoms with Crippen molar-refractivity contribution in [1.29, 1.82) is 0 Å². The third-order valence-electron chi connectivity index (χ3n) is 6.88. The molecule has 5 rings (SSSR count). The van der Waals surface area contributed by atoms with E-state index in [1.807, 2.05) is 41.8 Å². The second kappa shape index (κ2) is 12.0. The molecule has 1 amide bonds. The van der Waals surface area contributed by atoms with Crippen molar-refractivity contribution >= 4 is 22.8 Å². The van der Waals surface area contributed by atoms with Gasteiger partial charge in [-0.1, -0.05) is 24.3 Å². The number of hydrogen-bond acceptors (Lipinski definition) is 6. The lowest BCUT2D eigenvalue weighted by Gasteiger charge is -2.17. The highest BCUT2D eigenvalue weighted by atomic mass is 19.4. The molecule has 210 valence electrons. The Morgan fingerprint density at radius 3 is 2.62 bits per heavy atom. The molecule has 3 N–H and O–H groups in total. The van der Waals surface area contributed by atoms with Crippen LogP contribution in [0.5, 0.6) is 5.75 Å². The molecule has 1 aliphatic heterocycles. The highest BCUT2D eigenvalue weighted by Crippen LogP contribution is 2.24. The number of nitrogens with zero attached hydrogens (tertiary/aromatic N) is 3. The number of aryl methyl sites for hydroxylation is 1. The number of anilines is 1. The first-order valence-corrected chi connectivity index (χ1v) is 13.2. The number of hydrogen-bond donors (Lipinski definition) is 3. The summed E-state index contributed by atoms with van der Waals surface area (Å²) in [5.41, 5.74) is 4.15. The molecule has 8 nitrogen and oxygen atoms in total. The van der Waals surface area contributed by atoms with Crippen LogP contribution in [-0.2, 0) is 17.8 Å². The van der Waals surface area contributed by atoms with Crippen LogP contribution in [-0.4, -0.2) is 45.9 Å². The Bertz CT molecular complexity index is 1430. The van der Waals surface area contributed by atoms with E-state index in [4.69, 9.17) is 0 Å². The maximum absolute atomic E-state index is 12.8. The smallest absolute Gasteiger partial charge is 0.406 e. The van der Waals surface area contributed by atoms with Gasteiger partial charge in [-0.05, 0) is 67.4 Å². The first-order valence-electron chi connectivity index (χ1n) is 13.2. The fourth-order valence-electron chi connectivity index (χ4n) is 4.85. The van der Waals surface area contributed by atoms with E-state index in [0.29, 0.717) is 36.0 Å². The molecule has 1 aliphatic rings. The lowest BCUT2D eigenvalue weighted by Crippen LogP contribution is -2.27. The van der Waals surface area contributed by atoms with Gasteiger partial charge < -0.3 is 25.3 Å². The minimum atomic E-state index is -4.75. The molecular weight excluding hydrogens is 521 g/mol. The van der Waals surface area contributed by atoms with Crippen LogP contribution >= 0.6 is 0 Å². The normalized spacial score (nSPS) is 16.1. The number of carbonyl (C=O) groups excluding carboxylic acids is 1. The summed E-state index contributed by atoms with van der Waals surface area (Å²) >= 11 is 0. The Balaban J connectivity index is 1.21. The fourth-order valence-corrected chi connectivity index (χ4v) is 4.85. The van der Waals surface area contributed by atoms with Crippen LogP contribution in [0.2, 0.25) is 0 Å². The fraction of sp³-hybridized carbons (Fsp3) is 0.345. The molecule has 0 saturated carbocycles. The Morgan fingerprint density at radius 1 is 1.15 bits per heavy atom. The highest BCUT2D eigenvalue weighted by molar-refractivity contribution is 5.77. The second-order valence-corrected chi connectivity index (χ2v) is 9.90. The zero-order valence-corrected chi connectivity index (χ0v) is 22.0. The molecule has 1 saturated heterocycles. The minimum absolute atomic E-state index is 0.105. The van der Waals surface area contributed by atoms with E-state index in [1.165, 1.54) is 12.1 Å². The minimum Gasteiger partial charge on any atom is -0.406 e. The van der Waals surface area contributed by atoms with Crippen molar-refractivity contribution in [3.8, 4) is 5.75 Å². The number of carbonyl (C=O) groups is 1. The van der Waals surface area contributed by atoms with E-state index >= 15 is 0 Å². The van der Waals surface area contributed by atoms with Crippen LogP contribution in [0, 0.1) is 0 Å². The summed E-state index contributed by atoms with van der Waals surface area (Å²) in [6.07, 6.45) is -1.39. The monoisotopic (exact) mass is 552 g/mol. The van der Waals surface area contributed by atoms with Crippen LogP contribution in [0.3, 0.4) is 0 Å². The zero-order valence-electron chi connectivity index (χ0n) is 22.0. The first kappa shape index (κ1) is 27.4. The Kier molecular flexibility index (Phi) is 8.20. The number of nitrogens with one attached hydrogen (secondary N) is 3. The van der Waals surface area contributed by atoms with Gasteiger partial charge in [0, 0.05) is 37.3 Å². The summed E-state index contributed by atoms with van der Waals surface area (Å²) < 4.78 is 43.4. The van der Waals surface area contributed by atoms with Crippen molar-refractivity contribution in [1.82, 2.24) is 25.2 Å². The number of amides is 1. The summed E-state index contributed by atoms with van der Waals surface area (Å²) in [5.74, 6) is 0.281. The van der Waals surface area contributed by atoms with Crippen molar-refractivity contribution < 1.29 is 22.7 Å². The Morgan fingerprint density at radius 2 is 1.93 bits per heavy atom. The van der Waals surface area contributed by atoms with E-state index in [9.17, 15) is 18.0 Å². The number of fused-ring (bicyclic) bond motifs is 1. The van der Waals surface area contributed by atoms with Crippen molar-refractivity contribution in [3.63, 3.8) is 0 Å². The molecule has 1 fully saturated rings. The topological polar surface area (TPSA) is 93.1 Å². The number of ether oxygens (including phenoxy) is 1. The number of aromatic nitrogens is 3. The maximum atomic E-state index is 12.8. The lowest BCUT2D eigenvalue weighted by atomic mass is 10.1. The van der Waals surface area contributed by atoms with Gasteiger partial charge in [0.05, 0.1) is 12.6 Å². The van der Waals surface area contributed by atoms with Crippen molar-refractivity contribution in [2.75, 3.05) is 18.4 Å². The highest BCUT2D eigenvalue weighted by Gasteiger charge is 2.31. The second-order valence-electron chi connectivity index (χ2n) is 9.90. The number of imidazole rings is 1. The zero-order chi connectivity index (χ0) is 28.1. The molecule has 0 spiro atoms. The molecule has 2 aromatic carbocycles. The summed E-state index contributed by atoms with van der Waals surface area (Å²) in [5, 5.41) is 9.92. The third kappa shape index (κ3) is 7.09. The van der Waals surface area contributed by atoms with Gasteiger partial charge >= 0.3 is 6.36 Å². The summed E-state index contributed by atoms with van der Waals surface area (Å²) in [6, 6.07) is 17.7. The standard InChI is InChI=1S/C29H31F3N6O2/c1-19(21-6-8-22(9-7-21)36-23-14-16-33-17-23)35-27(39)13-12-26-37-25-3-2-15-34-28(25)38(26)18-20-4-10-24(11-5-20)40-29(30,31)32/h2-11,15,19,23,33,36H,12-14,16-18H2,1H3,(H,35,39)/t19-,23?/m0/s1. The summed E-state index contributed by atoms with van der Waals surface area (Å²) in [7, 11) is 0. The molecule has 2 aromatic heterocycles. The number of pyridine rings is 1. The molecule has 4 aromatic rings. The van der Waals surface area contributed by atoms with E-state index in [1.54, 1.807) is 24.4 Å². The molecule has 2 atom stereocenters. The van der Waals surface area contributed by atoms with E-state index in [-0.39, 0.29) is 24.1 Å². The third-order valence-corrected chi connectivity index (χ3v) is 6.88. The van der Waals surface area contributed by atoms with Gasteiger partial charge in [-0.25, -0.2) is 9.97 Å². The van der Waals surface area contributed by atoms with Crippen LogP contribution in [0.1, 0.15) is 42.8 Å². The van der Waals surface area contributed by atoms with Gasteiger partial charge in [0.25, 0.3) is 0 Å². The molecule has 40 heavy (non-hydrogen) atoms. The van der Waals surface area contributed by atoms with E-state index < -0.39 is 6.36 Å². The SMILES string of the molecule is C[C@H](NC(=O)CCc1nc2cccnc2n1Cc1ccc(OC(F)(F)F)cc1)c1ccc(NC2CCNC2)cc1. The average Bonchev–Trinajstić information content (AvgIpc) is 3.56. The first-order chi connectivity index (χ1) is 19.2. The van der Waals surface area contributed by atoms with E-state index in [2.05, 4.69) is 30.7 Å². The Hall–Kier alpha value is -4.12. The number of alkyl halides is 3. The van der Waals surface area contributed by atoms with Crippen molar-refractivity contribution in [3.05, 3.63) is 83.8 Å². The summed E-state index contributed by atoms with van der Waals surface area (Å²) in [6.45, 7) is 4.28. The molecule has 3 heterocycles. The molecule has 0 bridgehead atoms. The number of rotatable bonds is 10. The van der Waals surface area contributed by atoms with Crippen molar-refractivity contribution in [2.24, 2.45) is 0 Å². The maximum Gasteiger partial charge on any atom is 0.573 e. The van der Waals surface area contributed by atoms with Gasteiger partial charge in [-0.3, -0.25) is 4.79 Å². The van der Waals surface area contributed by atoms with Crippen LogP contribution in [0.15, 0.2) is 66.9 Å². The van der Waals surface area contributed by atoms with Gasteiger partial charge in [0.15, 0.2) is 5.65 Å². The molecule has 11 heteroatoms. The quantitative estimate of drug-likeness (QED) is 0.258. The predicted molar refractivity (Wildman–Crippen MR) is 146 cm³/mol. The molecule has 1 unspecified atom stereocenters. The van der Waals surface area contributed by atoms with Gasteiger partial charge in [-0.2, -0.15) is 0 Å². The number of halogens is 3. The summed E-state index contributed by atoms with van der Waals surface area (Å²) in [4.78, 5) is 22.0. The predicted octanol–water partition coefficient (Wildman–Crippen LogP) is 4.96. The van der Waals surface area contributed by atoms with E-state index in [0.717, 1.165) is 36.3 Å². The van der Waals surface area contributed by atoms with Gasteiger partial charge in [0.2, 0.25) is 5.91 Å². The average molecular weight is 553 g/mol. The molecule has 0 aliphatic carbocycles. The van der Waals surface area contributed by atoms with Gasteiger partial charge in [0.1, 0.15) is 17.1 Å². The van der Waals surface area contributed by atoms with Crippen LogP contribution in [0.4, 0.5) is 18.9 Å². The molecular formula is C29H31F3N6O2. The largest absolute Gasteiger partial charge is 0.573 e. The van der Waals surface area contributed by atoms with Gasteiger partial charge in [-0.15, -0.1) is 13.2 Å². The molecule has 0 radical (unpaired) electrons.